The molecule has 0 bridgehead atoms. The summed E-state index contributed by atoms with van der Waals surface area (Å²) >= 11 is 0. The SMILES string of the molecule is COc1cc(C(=O)N2CCN(CCc3ccnn3C)CC2)ccc1C. The van der Waals surface area contributed by atoms with Gasteiger partial charge in [-0.25, -0.2) is 0 Å². The Morgan fingerprint density at radius 1 is 1.20 bits per heavy atom. The first kappa shape index (κ1) is 17.5. The summed E-state index contributed by atoms with van der Waals surface area (Å²) in [6, 6.07) is 7.72. The minimum Gasteiger partial charge on any atom is -0.496 e. The molecule has 1 amide bonds. The second kappa shape index (κ2) is 7.70. The first-order chi connectivity index (χ1) is 12.1. The van der Waals surface area contributed by atoms with Crippen molar-refractivity contribution in [2.24, 2.45) is 7.05 Å². The predicted molar refractivity (Wildman–Crippen MR) is 97.0 cm³/mol. The fourth-order valence-corrected chi connectivity index (χ4v) is 3.23. The Morgan fingerprint density at radius 3 is 2.60 bits per heavy atom. The number of carbonyl (C=O) groups excluding carboxylic acids is 1. The summed E-state index contributed by atoms with van der Waals surface area (Å²) in [6.45, 7) is 6.33. The van der Waals surface area contributed by atoms with E-state index in [9.17, 15) is 4.79 Å². The van der Waals surface area contributed by atoms with Crippen LogP contribution in [0.2, 0.25) is 0 Å². The van der Waals surface area contributed by atoms with Gasteiger partial charge in [0.2, 0.25) is 0 Å². The number of benzene rings is 1. The number of carbonyl (C=O) groups is 1. The van der Waals surface area contributed by atoms with Gasteiger partial charge in [-0.15, -0.1) is 0 Å². The first-order valence-corrected chi connectivity index (χ1v) is 8.71. The Morgan fingerprint density at radius 2 is 1.96 bits per heavy atom. The molecule has 0 unspecified atom stereocenters. The van der Waals surface area contributed by atoms with Gasteiger partial charge in [0.25, 0.3) is 5.91 Å². The van der Waals surface area contributed by atoms with Crippen LogP contribution in [0.15, 0.2) is 30.5 Å². The smallest absolute Gasteiger partial charge is 0.254 e. The molecule has 6 nitrogen and oxygen atoms in total. The van der Waals surface area contributed by atoms with Crippen molar-refractivity contribution in [1.82, 2.24) is 19.6 Å². The van der Waals surface area contributed by atoms with Crippen molar-refractivity contribution in [1.29, 1.82) is 0 Å². The quantitative estimate of drug-likeness (QED) is 0.830. The highest BCUT2D eigenvalue weighted by Crippen LogP contribution is 2.20. The van der Waals surface area contributed by atoms with Crippen molar-refractivity contribution < 1.29 is 9.53 Å². The molecule has 1 saturated heterocycles. The van der Waals surface area contributed by atoms with Crippen LogP contribution in [-0.4, -0.2) is 65.3 Å². The third-order valence-corrected chi connectivity index (χ3v) is 4.92. The van der Waals surface area contributed by atoms with Gasteiger partial charge in [-0.1, -0.05) is 6.07 Å². The molecule has 1 aliphatic heterocycles. The largest absolute Gasteiger partial charge is 0.496 e. The van der Waals surface area contributed by atoms with Gasteiger partial charge in [-0.2, -0.15) is 5.10 Å². The number of methoxy groups -OCH3 is 1. The van der Waals surface area contributed by atoms with Gasteiger partial charge >= 0.3 is 0 Å². The molecule has 3 rings (SSSR count). The highest BCUT2D eigenvalue weighted by molar-refractivity contribution is 5.94. The van der Waals surface area contributed by atoms with Crippen LogP contribution >= 0.6 is 0 Å². The number of aromatic nitrogens is 2. The summed E-state index contributed by atoms with van der Waals surface area (Å²) < 4.78 is 7.25. The minimum atomic E-state index is 0.0876. The van der Waals surface area contributed by atoms with E-state index in [-0.39, 0.29) is 5.91 Å². The molecule has 2 aromatic rings. The summed E-state index contributed by atoms with van der Waals surface area (Å²) in [5, 5.41) is 4.20. The van der Waals surface area contributed by atoms with E-state index < -0.39 is 0 Å². The van der Waals surface area contributed by atoms with Gasteiger partial charge in [-0.3, -0.25) is 14.4 Å². The van der Waals surface area contributed by atoms with Gasteiger partial charge in [0.05, 0.1) is 7.11 Å². The lowest BCUT2D eigenvalue weighted by atomic mass is 10.1. The predicted octanol–water partition coefficient (Wildman–Crippen LogP) is 1.74. The molecule has 1 aromatic carbocycles. The number of amides is 1. The Bertz CT molecular complexity index is 733. The summed E-state index contributed by atoms with van der Waals surface area (Å²) in [5.74, 6) is 0.852. The van der Waals surface area contributed by atoms with Gasteiger partial charge in [0.15, 0.2) is 0 Å². The zero-order valence-electron chi connectivity index (χ0n) is 15.2. The molecule has 25 heavy (non-hydrogen) atoms. The van der Waals surface area contributed by atoms with Crippen LogP contribution in [0.3, 0.4) is 0 Å². The average molecular weight is 342 g/mol. The van der Waals surface area contributed by atoms with E-state index in [1.54, 1.807) is 7.11 Å². The zero-order valence-corrected chi connectivity index (χ0v) is 15.2. The molecule has 0 aliphatic carbocycles. The van der Waals surface area contributed by atoms with E-state index in [2.05, 4.69) is 16.1 Å². The minimum absolute atomic E-state index is 0.0876. The molecule has 0 spiro atoms. The lowest BCUT2D eigenvalue weighted by Gasteiger charge is -2.34. The average Bonchev–Trinajstić information content (AvgIpc) is 3.05. The summed E-state index contributed by atoms with van der Waals surface area (Å²) in [4.78, 5) is 17.1. The van der Waals surface area contributed by atoms with E-state index in [0.717, 1.165) is 50.5 Å². The van der Waals surface area contributed by atoms with Gasteiger partial charge in [0.1, 0.15) is 5.75 Å². The number of aryl methyl sites for hydroxylation is 2. The maximum absolute atomic E-state index is 12.7. The topological polar surface area (TPSA) is 50.6 Å². The van der Waals surface area contributed by atoms with Gasteiger partial charge < -0.3 is 9.64 Å². The van der Waals surface area contributed by atoms with Crippen LogP contribution in [0.5, 0.6) is 5.75 Å². The second-order valence-electron chi connectivity index (χ2n) is 6.51. The number of hydrogen-bond acceptors (Lipinski definition) is 4. The van der Waals surface area contributed by atoms with Crippen LogP contribution in [0.1, 0.15) is 21.6 Å². The van der Waals surface area contributed by atoms with E-state index in [4.69, 9.17) is 4.74 Å². The molecule has 1 fully saturated rings. The fourth-order valence-electron chi connectivity index (χ4n) is 3.23. The Hall–Kier alpha value is -2.34. The van der Waals surface area contributed by atoms with E-state index in [0.29, 0.717) is 5.56 Å². The number of piperazine rings is 1. The number of hydrogen-bond donors (Lipinski definition) is 0. The molecule has 6 heteroatoms. The molecular formula is C19H26N4O2. The van der Waals surface area contributed by atoms with Crippen molar-refractivity contribution in [3.63, 3.8) is 0 Å². The van der Waals surface area contributed by atoms with Crippen LogP contribution in [-0.2, 0) is 13.5 Å². The highest BCUT2D eigenvalue weighted by atomic mass is 16.5. The number of nitrogens with zero attached hydrogens (tertiary/aromatic N) is 4. The normalized spacial score (nSPS) is 15.4. The first-order valence-electron chi connectivity index (χ1n) is 8.71. The molecule has 0 saturated carbocycles. The lowest BCUT2D eigenvalue weighted by Crippen LogP contribution is -2.49. The molecule has 0 radical (unpaired) electrons. The van der Waals surface area contributed by atoms with Crippen LogP contribution in [0, 0.1) is 6.92 Å². The molecule has 1 aromatic heterocycles. The van der Waals surface area contributed by atoms with Crippen LogP contribution in [0.4, 0.5) is 0 Å². The Labute approximate surface area is 149 Å². The van der Waals surface area contributed by atoms with Gasteiger partial charge in [0, 0.05) is 63.6 Å². The molecule has 2 heterocycles. The molecule has 134 valence electrons. The molecule has 1 aliphatic rings. The van der Waals surface area contributed by atoms with Crippen molar-refractivity contribution >= 4 is 5.91 Å². The highest BCUT2D eigenvalue weighted by Gasteiger charge is 2.22. The fraction of sp³-hybridized carbons (Fsp3) is 0.474. The maximum atomic E-state index is 12.7. The number of ether oxygens (including phenoxy) is 1. The molecular weight excluding hydrogens is 316 g/mol. The monoisotopic (exact) mass is 342 g/mol. The summed E-state index contributed by atoms with van der Waals surface area (Å²) in [5.41, 5.74) is 2.98. The summed E-state index contributed by atoms with van der Waals surface area (Å²) in [6.07, 6.45) is 2.82. The Balaban J connectivity index is 1.53. The third kappa shape index (κ3) is 4.02. The zero-order chi connectivity index (χ0) is 17.8. The molecule has 0 atom stereocenters. The number of rotatable bonds is 5. The molecule has 0 N–H and O–H groups in total. The van der Waals surface area contributed by atoms with Crippen LogP contribution in [0.25, 0.3) is 0 Å². The van der Waals surface area contributed by atoms with Crippen molar-refractivity contribution in [3.8, 4) is 5.75 Å². The Kier molecular flexibility index (Phi) is 5.38. The van der Waals surface area contributed by atoms with E-state index in [1.807, 2.05) is 47.9 Å². The standard InChI is InChI=1S/C19H26N4O2/c1-15-4-5-16(14-18(15)25-3)19(24)23-12-10-22(11-13-23)9-7-17-6-8-20-21(17)2/h4-6,8,14H,7,9-13H2,1-3H3. The lowest BCUT2D eigenvalue weighted by molar-refractivity contribution is 0.0637. The van der Waals surface area contributed by atoms with Crippen molar-refractivity contribution in [2.45, 2.75) is 13.3 Å². The maximum Gasteiger partial charge on any atom is 0.254 e. The third-order valence-electron chi connectivity index (χ3n) is 4.92. The van der Waals surface area contributed by atoms with Crippen molar-refractivity contribution in [3.05, 3.63) is 47.3 Å². The van der Waals surface area contributed by atoms with Crippen LogP contribution < -0.4 is 4.74 Å². The van der Waals surface area contributed by atoms with Gasteiger partial charge in [-0.05, 0) is 30.7 Å². The second-order valence-corrected chi connectivity index (χ2v) is 6.51. The van der Waals surface area contributed by atoms with E-state index >= 15 is 0 Å². The van der Waals surface area contributed by atoms with Crippen molar-refractivity contribution in [2.75, 3.05) is 39.8 Å². The van der Waals surface area contributed by atoms with E-state index in [1.165, 1.54) is 5.69 Å². The summed E-state index contributed by atoms with van der Waals surface area (Å²) in [7, 11) is 3.61.